The summed E-state index contributed by atoms with van der Waals surface area (Å²) in [7, 11) is -1.66. The molecule has 2 heterocycles. The molecule has 2 aliphatic rings. The average molecular weight is 415 g/mol. The van der Waals surface area contributed by atoms with Gasteiger partial charge in [0.05, 0.1) is 19.8 Å². The Labute approximate surface area is 165 Å². The molecule has 10 heteroatoms. The van der Waals surface area contributed by atoms with Crippen molar-refractivity contribution in [1.29, 1.82) is 0 Å². The van der Waals surface area contributed by atoms with E-state index in [0.29, 0.717) is 59.0 Å². The Morgan fingerprint density at radius 1 is 1.04 bits per heavy atom. The Balaban J connectivity index is 1.47. The summed E-state index contributed by atoms with van der Waals surface area (Å²) < 4.78 is 46.5. The van der Waals surface area contributed by atoms with E-state index >= 15 is 0 Å². The van der Waals surface area contributed by atoms with E-state index in [0.717, 1.165) is 5.56 Å². The number of halogens is 1. The summed E-state index contributed by atoms with van der Waals surface area (Å²) >= 11 is 0. The number of amides is 1. The van der Waals surface area contributed by atoms with Gasteiger partial charge in [-0.15, -0.1) is 0 Å². The minimum Gasteiger partial charge on any atom is -0.379 e. The molecule has 2 fully saturated rings. The Bertz CT molecular complexity index is 760. The van der Waals surface area contributed by atoms with Crippen LogP contribution in [0.4, 0.5) is 4.39 Å². The number of hydrogen-bond donors (Lipinski definition) is 0. The molecule has 156 valence electrons. The molecule has 2 saturated heterocycles. The molecular formula is C18H27FN4O4S. The Morgan fingerprint density at radius 3 is 2.21 bits per heavy atom. The highest BCUT2D eigenvalue weighted by Gasteiger charge is 2.34. The second-order valence-corrected chi connectivity index (χ2v) is 9.03. The maximum Gasteiger partial charge on any atom is 0.282 e. The van der Waals surface area contributed by atoms with Gasteiger partial charge in [-0.05, 0) is 24.7 Å². The lowest BCUT2D eigenvalue weighted by Gasteiger charge is -2.38. The van der Waals surface area contributed by atoms with Crippen LogP contribution in [-0.2, 0) is 26.3 Å². The molecular weight excluding hydrogens is 387 g/mol. The van der Waals surface area contributed by atoms with Crippen LogP contribution >= 0.6 is 0 Å². The van der Waals surface area contributed by atoms with Gasteiger partial charge in [0.2, 0.25) is 5.91 Å². The standard InChI is InChI=1S/C18H27FN4O4S/c1-20(14-16-2-4-17(19)5-3-16)15-18(24)21-6-8-22(9-7-21)28(25,26)23-10-12-27-13-11-23/h2-5H,6-15H2,1H3. The lowest BCUT2D eigenvalue weighted by atomic mass is 10.2. The van der Waals surface area contributed by atoms with Gasteiger partial charge < -0.3 is 9.64 Å². The van der Waals surface area contributed by atoms with E-state index in [1.54, 1.807) is 17.0 Å². The number of hydrogen-bond acceptors (Lipinski definition) is 5. The highest BCUT2D eigenvalue weighted by molar-refractivity contribution is 7.86. The number of nitrogens with zero attached hydrogens (tertiary/aromatic N) is 4. The van der Waals surface area contributed by atoms with Gasteiger partial charge in [0.1, 0.15) is 5.82 Å². The molecule has 0 spiro atoms. The summed E-state index contributed by atoms with van der Waals surface area (Å²) in [5, 5.41) is 0. The predicted molar refractivity (Wildman–Crippen MR) is 102 cm³/mol. The third-order valence-corrected chi connectivity index (χ3v) is 7.02. The summed E-state index contributed by atoms with van der Waals surface area (Å²) in [4.78, 5) is 16.1. The molecule has 2 aliphatic heterocycles. The number of piperazine rings is 1. The van der Waals surface area contributed by atoms with Crippen LogP contribution in [0.5, 0.6) is 0 Å². The number of likely N-dealkylation sites (N-methyl/N-ethyl adjacent to an activating group) is 1. The second kappa shape index (κ2) is 9.27. The topological polar surface area (TPSA) is 73.4 Å². The van der Waals surface area contributed by atoms with Crippen molar-refractivity contribution in [3.05, 3.63) is 35.6 Å². The highest BCUT2D eigenvalue weighted by atomic mass is 32.2. The molecule has 1 aromatic carbocycles. The maximum absolute atomic E-state index is 13.0. The average Bonchev–Trinajstić information content (AvgIpc) is 2.70. The number of carbonyl (C=O) groups is 1. The zero-order chi connectivity index (χ0) is 20.1. The zero-order valence-electron chi connectivity index (χ0n) is 16.1. The van der Waals surface area contributed by atoms with Gasteiger partial charge in [-0.25, -0.2) is 4.39 Å². The van der Waals surface area contributed by atoms with Crippen molar-refractivity contribution in [2.45, 2.75) is 6.54 Å². The van der Waals surface area contributed by atoms with Gasteiger partial charge in [0.25, 0.3) is 10.2 Å². The van der Waals surface area contributed by atoms with Crippen molar-refractivity contribution in [2.24, 2.45) is 0 Å². The molecule has 0 atom stereocenters. The number of ether oxygens (including phenoxy) is 1. The van der Waals surface area contributed by atoms with Crippen LogP contribution in [-0.4, -0.2) is 98.8 Å². The summed E-state index contributed by atoms with van der Waals surface area (Å²) in [6.07, 6.45) is 0. The lowest BCUT2D eigenvalue weighted by molar-refractivity contribution is -0.133. The van der Waals surface area contributed by atoms with Crippen LogP contribution in [0.25, 0.3) is 0 Å². The van der Waals surface area contributed by atoms with E-state index in [-0.39, 0.29) is 18.3 Å². The minimum atomic E-state index is -3.49. The van der Waals surface area contributed by atoms with Crippen molar-refractivity contribution < 1.29 is 22.3 Å². The molecule has 1 aromatic rings. The van der Waals surface area contributed by atoms with Crippen LogP contribution in [0, 0.1) is 5.82 Å². The van der Waals surface area contributed by atoms with E-state index in [2.05, 4.69) is 0 Å². The van der Waals surface area contributed by atoms with Gasteiger partial charge in [0, 0.05) is 45.8 Å². The van der Waals surface area contributed by atoms with Gasteiger partial charge in [-0.3, -0.25) is 9.69 Å². The van der Waals surface area contributed by atoms with Crippen molar-refractivity contribution in [3.8, 4) is 0 Å². The van der Waals surface area contributed by atoms with E-state index in [9.17, 15) is 17.6 Å². The van der Waals surface area contributed by atoms with Crippen molar-refractivity contribution in [3.63, 3.8) is 0 Å². The largest absolute Gasteiger partial charge is 0.379 e. The first-order valence-corrected chi connectivity index (χ1v) is 10.8. The molecule has 0 unspecified atom stereocenters. The third kappa shape index (κ3) is 5.26. The molecule has 3 rings (SSSR count). The third-order valence-electron chi connectivity index (χ3n) is 4.98. The van der Waals surface area contributed by atoms with Crippen LogP contribution in [0.3, 0.4) is 0 Å². The van der Waals surface area contributed by atoms with Gasteiger partial charge in [-0.2, -0.15) is 17.0 Å². The SMILES string of the molecule is CN(CC(=O)N1CCN(S(=O)(=O)N2CCOCC2)CC1)Cc1ccc(F)cc1. The van der Waals surface area contributed by atoms with Crippen molar-refractivity contribution in [1.82, 2.24) is 18.4 Å². The zero-order valence-corrected chi connectivity index (χ0v) is 16.9. The first-order valence-electron chi connectivity index (χ1n) is 9.40. The molecule has 0 radical (unpaired) electrons. The van der Waals surface area contributed by atoms with Crippen molar-refractivity contribution in [2.75, 3.05) is 66.1 Å². The fourth-order valence-corrected chi connectivity index (χ4v) is 4.96. The predicted octanol–water partition coefficient (Wildman–Crippen LogP) is -0.0213. The van der Waals surface area contributed by atoms with E-state index in [1.807, 2.05) is 11.9 Å². The molecule has 0 saturated carbocycles. The quantitative estimate of drug-likeness (QED) is 0.654. The molecule has 0 bridgehead atoms. The van der Waals surface area contributed by atoms with Crippen LogP contribution < -0.4 is 0 Å². The second-order valence-electron chi connectivity index (χ2n) is 7.10. The first kappa shape index (κ1) is 21.1. The molecule has 28 heavy (non-hydrogen) atoms. The molecule has 0 N–H and O–H groups in total. The van der Waals surface area contributed by atoms with Crippen LogP contribution in [0.15, 0.2) is 24.3 Å². The monoisotopic (exact) mass is 414 g/mol. The summed E-state index contributed by atoms with van der Waals surface area (Å²) in [6.45, 7) is 3.70. The molecule has 1 amide bonds. The van der Waals surface area contributed by atoms with E-state index in [4.69, 9.17) is 4.74 Å². The summed E-state index contributed by atoms with van der Waals surface area (Å²) in [6, 6.07) is 6.20. The number of carbonyl (C=O) groups excluding carboxylic acids is 1. The number of rotatable bonds is 6. The summed E-state index contributed by atoms with van der Waals surface area (Å²) in [5.74, 6) is -0.319. The van der Waals surface area contributed by atoms with Crippen LogP contribution in [0.2, 0.25) is 0 Å². The lowest BCUT2D eigenvalue weighted by Crippen LogP contribution is -2.56. The fraction of sp³-hybridized carbons (Fsp3) is 0.611. The fourth-order valence-electron chi connectivity index (χ4n) is 3.40. The van der Waals surface area contributed by atoms with E-state index in [1.165, 1.54) is 20.7 Å². The highest BCUT2D eigenvalue weighted by Crippen LogP contribution is 2.14. The number of morpholine rings is 1. The molecule has 0 aromatic heterocycles. The van der Waals surface area contributed by atoms with Gasteiger partial charge in [-0.1, -0.05) is 12.1 Å². The first-order chi connectivity index (χ1) is 13.4. The molecule has 0 aliphatic carbocycles. The Hall–Kier alpha value is -1.59. The van der Waals surface area contributed by atoms with E-state index < -0.39 is 10.2 Å². The number of benzene rings is 1. The Kier molecular flexibility index (Phi) is 7.00. The molecule has 8 nitrogen and oxygen atoms in total. The maximum atomic E-state index is 13.0. The normalized spacial score (nSPS) is 19.9. The smallest absolute Gasteiger partial charge is 0.282 e. The Morgan fingerprint density at radius 2 is 1.61 bits per heavy atom. The van der Waals surface area contributed by atoms with Gasteiger partial charge in [0.15, 0.2) is 0 Å². The summed E-state index contributed by atoms with van der Waals surface area (Å²) in [5.41, 5.74) is 0.929. The van der Waals surface area contributed by atoms with Gasteiger partial charge >= 0.3 is 0 Å². The van der Waals surface area contributed by atoms with Crippen LogP contribution in [0.1, 0.15) is 5.56 Å². The van der Waals surface area contributed by atoms with Crippen molar-refractivity contribution >= 4 is 16.1 Å². The minimum absolute atomic E-state index is 0.0342.